The van der Waals surface area contributed by atoms with E-state index < -0.39 is 97.5 Å². The van der Waals surface area contributed by atoms with Crippen molar-refractivity contribution >= 4 is 39.5 Å². The fourth-order valence-corrected chi connectivity index (χ4v) is 15.5. The van der Waals surface area contributed by atoms with Gasteiger partial charge in [-0.3, -0.25) is 37.3 Å². The average Bonchev–Trinajstić information content (AvgIpc) is 0.912. The summed E-state index contributed by atoms with van der Waals surface area (Å²) in [6.45, 7) is 5.04. The van der Waals surface area contributed by atoms with Gasteiger partial charge in [0, 0.05) is 25.7 Å². The molecule has 0 aliphatic carbocycles. The molecular weight excluding hydrogens is 1390 g/mol. The minimum Gasteiger partial charge on any atom is -0.462 e. The molecule has 0 heterocycles. The van der Waals surface area contributed by atoms with Crippen LogP contribution in [-0.4, -0.2) is 96.7 Å². The van der Waals surface area contributed by atoms with Gasteiger partial charge in [0.25, 0.3) is 0 Å². The summed E-state index contributed by atoms with van der Waals surface area (Å²) in [5.74, 6) is -2.10. The zero-order valence-electron chi connectivity index (χ0n) is 70.1. The first kappa shape index (κ1) is 105. The van der Waals surface area contributed by atoms with Crippen LogP contribution in [0.4, 0.5) is 0 Å². The van der Waals surface area contributed by atoms with Gasteiger partial charge in [-0.15, -0.1) is 0 Å². The molecule has 17 nitrogen and oxygen atoms in total. The smallest absolute Gasteiger partial charge is 0.462 e. The fraction of sp³-hybridized carbons (Fsp3) is 0.955. The zero-order valence-corrected chi connectivity index (χ0v) is 71.9. The maximum Gasteiger partial charge on any atom is 0.472 e. The van der Waals surface area contributed by atoms with E-state index in [9.17, 15) is 43.2 Å². The maximum atomic E-state index is 13.2. The minimum absolute atomic E-state index is 0.109. The molecule has 0 saturated carbocycles. The Hall–Kier alpha value is -1.94. The lowest BCUT2D eigenvalue weighted by Gasteiger charge is -2.21. The average molecular weight is 1560 g/mol. The van der Waals surface area contributed by atoms with Crippen LogP contribution in [0.3, 0.4) is 0 Å². The van der Waals surface area contributed by atoms with Crippen LogP contribution in [0.25, 0.3) is 0 Å². The summed E-state index contributed by atoms with van der Waals surface area (Å²) >= 11 is 0. The molecule has 0 saturated heterocycles. The predicted octanol–water partition coefficient (Wildman–Crippen LogP) is 27.3. The summed E-state index contributed by atoms with van der Waals surface area (Å²) in [7, 11) is -9.92. The van der Waals surface area contributed by atoms with Crippen LogP contribution >= 0.6 is 15.6 Å². The lowest BCUT2D eigenvalue weighted by Crippen LogP contribution is -2.30. The third-order valence-corrected chi connectivity index (χ3v) is 22.8. The Morgan fingerprint density at radius 3 is 0.551 bits per heavy atom. The van der Waals surface area contributed by atoms with Crippen molar-refractivity contribution in [3.05, 3.63) is 0 Å². The molecule has 0 fully saturated rings. The number of ether oxygens (including phenoxy) is 4. The number of hydrogen-bond donors (Lipinski definition) is 3. The molecule has 0 aromatic heterocycles. The third kappa shape index (κ3) is 81.9. The monoisotopic (exact) mass is 1560 g/mol. The molecule has 0 spiro atoms. The molecule has 0 rings (SSSR count). The van der Waals surface area contributed by atoms with Crippen molar-refractivity contribution in [1.82, 2.24) is 0 Å². The number of esters is 4. The van der Waals surface area contributed by atoms with Gasteiger partial charge in [-0.1, -0.05) is 432 Å². The lowest BCUT2D eigenvalue weighted by molar-refractivity contribution is -0.161. The van der Waals surface area contributed by atoms with Crippen molar-refractivity contribution in [3.8, 4) is 0 Å². The second-order valence-electron chi connectivity index (χ2n) is 31.6. The number of carbonyl (C=O) groups is 4. The largest absolute Gasteiger partial charge is 0.472 e. The third-order valence-electron chi connectivity index (χ3n) is 20.9. The Morgan fingerprint density at radius 2 is 0.374 bits per heavy atom. The van der Waals surface area contributed by atoms with Crippen molar-refractivity contribution in [3.63, 3.8) is 0 Å². The highest BCUT2D eigenvalue weighted by molar-refractivity contribution is 7.47. The standard InChI is InChI=1S/C88H172O17P2/c1-5-9-13-17-21-25-28-31-34-37-40-41-44-47-50-53-56-59-63-67-71-75-88(93)105-84(79-99-86(91)73-69-65-61-57-54-51-48-45-42-38-35-32-29-26-22-18-14-10-6-2)81-103-107(96,97)101-77-82(89)76-100-106(94,95)102-80-83(78-98-85(90)72-68-64-60-24-20-16-12-8-4)104-87(92)74-70-66-62-58-55-52-49-46-43-39-36-33-30-27-23-19-15-11-7-3/h82-84,89H,5-81H2,1-4H3,(H,94,95)(H,96,97)/t82-,83+,84+/m0/s1. The van der Waals surface area contributed by atoms with E-state index in [1.807, 2.05) is 0 Å². The van der Waals surface area contributed by atoms with E-state index in [1.165, 1.54) is 315 Å². The first-order chi connectivity index (χ1) is 52.2. The van der Waals surface area contributed by atoms with E-state index >= 15 is 0 Å². The Bertz CT molecular complexity index is 2020. The number of hydrogen-bond acceptors (Lipinski definition) is 15. The summed E-state index contributed by atoms with van der Waals surface area (Å²) in [6, 6.07) is 0. The molecule has 0 aliphatic rings. The molecule has 2 unspecified atom stereocenters. The molecular formula is C88H172O17P2. The van der Waals surface area contributed by atoms with Gasteiger partial charge >= 0.3 is 39.5 Å². The Labute approximate surface area is 658 Å². The molecule has 0 bridgehead atoms. The Balaban J connectivity index is 5.17. The van der Waals surface area contributed by atoms with Crippen molar-refractivity contribution in [2.45, 2.75) is 502 Å². The molecule has 0 amide bonds. The highest BCUT2D eigenvalue weighted by Gasteiger charge is 2.30. The highest BCUT2D eigenvalue weighted by Crippen LogP contribution is 2.45. The Morgan fingerprint density at radius 1 is 0.224 bits per heavy atom. The van der Waals surface area contributed by atoms with Crippen LogP contribution in [0.2, 0.25) is 0 Å². The van der Waals surface area contributed by atoms with Crippen LogP contribution < -0.4 is 0 Å². The quantitative estimate of drug-likeness (QED) is 0.0222. The summed E-state index contributed by atoms with van der Waals surface area (Å²) in [4.78, 5) is 73.2. The SMILES string of the molecule is CCCCCCCCCCCCCCCCCCCCCCCC(=O)O[C@H](COC(=O)CCCCCCCCCCCCCCCCCCCCC)COP(=O)(O)OC[C@@H](O)COP(=O)(O)OC[C@@H](COC(=O)CCCCCCCCCC)OC(=O)CCCCCCCCCCCCCCCCCCCCC. The number of carbonyl (C=O) groups excluding carboxylic acids is 4. The van der Waals surface area contributed by atoms with Crippen molar-refractivity contribution in [2.75, 3.05) is 39.6 Å². The second-order valence-corrected chi connectivity index (χ2v) is 34.5. The van der Waals surface area contributed by atoms with Gasteiger partial charge < -0.3 is 33.8 Å². The van der Waals surface area contributed by atoms with E-state index in [0.29, 0.717) is 25.7 Å². The van der Waals surface area contributed by atoms with Gasteiger partial charge in [0.1, 0.15) is 19.3 Å². The number of unbranched alkanes of at least 4 members (excludes halogenated alkanes) is 63. The van der Waals surface area contributed by atoms with Crippen LogP contribution in [-0.2, 0) is 65.4 Å². The molecule has 0 aromatic carbocycles. The summed E-state index contributed by atoms with van der Waals surface area (Å²) < 4.78 is 68.9. The minimum atomic E-state index is -4.97. The number of aliphatic hydroxyl groups excluding tert-OH is 1. The van der Waals surface area contributed by atoms with Crippen LogP contribution in [0.1, 0.15) is 484 Å². The first-order valence-electron chi connectivity index (χ1n) is 45.8. The van der Waals surface area contributed by atoms with Gasteiger partial charge in [0.2, 0.25) is 0 Å². The fourth-order valence-electron chi connectivity index (χ4n) is 13.9. The maximum absolute atomic E-state index is 13.2. The molecule has 3 N–H and O–H groups in total. The molecule has 636 valence electrons. The first-order valence-corrected chi connectivity index (χ1v) is 48.8. The summed E-state index contributed by atoms with van der Waals surface area (Å²) in [5, 5.41) is 10.7. The summed E-state index contributed by atoms with van der Waals surface area (Å²) in [5.41, 5.74) is 0. The molecule has 5 atom stereocenters. The van der Waals surface area contributed by atoms with Crippen molar-refractivity contribution < 1.29 is 80.2 Å². The van der Waals surface area contributed by atoms with Crippen molar-refractivity contribution in [1.29, 1.82) is 0 Å². The number of phosphoric ester groups is 2. The highest BCUT2D eigenvalue weighted by atomic mass is 31.2. The number of rotatable bonds is 89. The molecule has 19 heteroatoms. The van der Waals surface area contributed by atoms with Gasteiger partial charge in [0.05, 0.1) is 26.4 Å². The molecule has 0 radical (unpaired) electrons. The van der Waals surface area contributed by atoms with Gasteiger partial charge in [0.15, 0.2) is 12.2 Å². The van der Waals surface area contributed by atoms with E-state index in [2.05, 4.69) is 27.7 Å². The molecule has 0 aliphatic heterocycles. The normalized spacial score (nSPS) is 13.7. The Kier molecular flexibility index (Phi) is 80.6. The zero-order chi connectivity index (χ0) is 78.1. The van der Waals surface area contributed by atoms with E-state index in [0.717, 1.165) is 89.9 Å². The lowest BCUT2D eigenvalue weighted by atomic mass is 10.0. The topological polar surface area (TPSA) is 237 Å². The van der Waals surface area contributed by atoms with Crippen LogP contribution in [0.15, 0.2) is 0 Å². The van der Waals surface area contributed by atoms with E-state index in [-0.39, 0.29) is 25.7 Å². The number of phosphoric acid groups is 2. The molecule has 107 heavy (non-hydrogen) atoms. The van der Waals surface area contributed by atoms with Gasteiger partial charge in [-0.2, -0.15) is 0 Å². The molecule has 0 aromatic rings. The van der Waals surface area contributed by atoms with Gasteiger partial charge in [-0.25, -0.2) is 9.13 Å². The predicted molar refractivity (Wildman–Crippen MR) is 442 cm³/mol. The van der Waals surface area contributed by atoms with E-state index in [4.69, 9.17) is 37.0 Å². The van der Waals surface area contributed by atoms with Crippen LogP contribution in [0.5, 0.6) is 0 Å². The van der Waals surface area contributed by atoms with Crippen molar-refractivity contribution in [2.24, 2.45) is 0 Å². The van der Waals surface area contributed by atoms with Gasteiger partial charge in [-0.05, 0) is 25.7 Å². The van der Waals surface area contributed by atoms with E-state index in [1.54, 1.807) is 0 Å². The summed E-state index contributed by atoms with van der Waals surface area (Å²) in [6.07, 6.45) is 78.0. The number of aliphatic hydroxyl groups is 1. The van der Waals surface area contributed by atoms with Crippen LogP contribution in [0, 0.1) is 0 Å². The second kappa shape index (κ2) is 82.1.